The molecule has 1 aliphatic rings. The van der Waals surface area contributed by atoms with Crippen LogP contribution >= 0.6 is 0 Å². The smallest absolute Gasteiger partial charge is 1.00 e. The molecule has 1 nitrogen and oxygen atoms in total. The Morgan fingerprint density at radius 1 is 1.18 bits per heavy atom. The molecule has 0 heterocycles. The molecule has 0 aliphatic heterocycles. The van der Waals surface area contributed by atoms with E-state index in [-0.39, 0.29) is 24.8 Å². The molecule has 0 amide bonds. The number of rotatable bonds is 4. The van der Waals surface area contributed by atoms with E-state index in [0.29, 0.717) is 0 Å². The van der Waals surface area contributed by atoms with E-state index >= 15 is 0 Å². The van der Waals surface area contributed by atoms with Crippen molar-refractivity contribution in [2.45, 2.75) is 45.2 Å². The Balaban J connectivity index is 0. The normalized spacial score (nSPS) is 15.7. The average Bonchev–Trinajstić information content (AvgIpc) is 2.29. The summed E-state index contributed by atoms with van der Waals surface area (Å²) < 4.78 is 7.88. The van der Waals surface area contributed by atoms with Gasteiger partial charge < -0.3 is 24.8 Å². The molecule has 0 N–H and O–H groups in total. The van der Waals surface area contributed by atoms with Crippen molar-refractivity contribution >= 4 is 16.6 Å². The Labute approximate surface area is 132 Å². The molecule has 0 saturated heterocycles. The molecule has 6 heteroatoms. The second-order valence-corrected chi connectivity index (χ2v) is 15.6. The summed E-state index contributed by atoms with van der Waals surface area (Å²) in [4.78, 5) is 0. The molecule has 0 aromatic heterocycles. The number of allylic oxidation sites excluding steroid dienone is 4. The van der Waals surface area contributed by atoms with E-state index in [1.807, 2.05) is 0 Å². The molecule has 1 rings (SSSR count). The van der Waals surface area contributed by atoms with E-state index in [2.05, 4.69) is 65.3 Å². The van der Waals surface area contributed by atoms with E-state index in [0.717, 1.165) is 6.42 Å². The molecule has 0 spiro atoms. The van der Waals surface area contributed by atoms with Gasteiger partial charge >= 0.3 is 108 Å². The fourth-order valence-electron chi connectivity index (χ4n) is 2.04. The molecule has 0 saturated carbocycles. The maximum Gasteiger partial charge on any atom is -1.00 e. The fraction of sp³-hybridized carbons (Fsp3) is 0.636. The summed E-state index contributed by atoms with van der Waals surface area (Å²) in [6, 6.07) is 1.18. The van der Waals surface area contributed by atoms with Gasteiger partial charge in [0, 0.05) is 0 Å². The van der Waals surface area contributed by atoms with Gasteiger partial charge in [-0.05, 0) is 0 Å². The molecule has 17 heavy (non-hydrogen) atoms. The zero-order valence-corrected chi connectivity index (χ0v) is 16.3. The van der Waals surface area contributed by atoms with E-state index in [4.69, 9.17) is 4.12 Å². The summed E-state index contributed by atoms with van der Waals surface area (Å²) in [7, 11) is -2.86. The molecule has 0 radical (unpaired) electrons. The molecule has 0 fully saturated rings. The number of halogens is 2. The summed E-state index contributed by atoms with van der Waals surface area (Å²) in [5.41, 5.74) is 1.53. The maximum atomic E-state index is 6.35. The predicted octanol–water partition coefficient (Wildman–Crippen LogP) is -2.19. The van der Waals surface area contributed by atoms with Crippen LogP contribution in [0, 0.1) is 0 Å². The molecule has 0 aromatic rings. The van der Waals surface area contributed by atoms with Crippen LogP contribution in [0.25, 0.3) is 0 Å². The van der Waals surface area contributed by atoms with Gasteiger partial charge in [0.15, 0.2) is 0 Å². The van der Waals surface area contributed by atoms with E-state index in [1.165, 1.54) is 15.5 Å². The number of hydrogen-bond donors (Lipinski definition) is 0. The van der Waals surface area contributed by atoms with Crippen molar-refractivity contribution < 1.29 is 49.4 Å². The van der Waals surface area contributed by atoms with Gasteiger partial charge in [-0.3, -0.25) is 0 Å². The third-order valence-electron chi connectivity index (χ3n) is 2.23. The first-order valence-electron chi connectivity index (χ1n) is 5.50. The van der Waals surface area contributed by atoms with Gasteiger partial charge in [0.05, 0.1) is 0 Å². The molecular formula is C11H21Cl2OSi2Ti. The Kier molecular flexibility index (Phi) is 9.26. The van der Waals surface area contributed by atoms with Crippen molar-refractivity contribution in [3.8, 4) is 0 Å². The van der Waals surface area contributed by atoms with Gasteiger partial charge in [-0.25, -0.2) is 0 Å². The molecule has 0 unspecified atom stereocenters. The van der Waals surface area contributed by atoms with Crippen molar-refractivity contribution in [2.75, 3.05) is 0 Å². The first kappa shape index (κ1) is 20.5. The van der Waals surface area contributed by atoms with Crippen molar-refractivity contribution in [3.05, 3.63) is 21.6 Å². The maximum absolute atomic E-state index is 6.35. The van der Waals surface area contributed by atoms with Crippen molar-refractivity contribution in [2.24, 2.45) is 0 Å². The van der Waals surface area contributed by atoms with Crippen LogP contribution in [0.4, 0.5) is 0 Å². The minimum Gasteiger partial charge on any atom is -1.00 e. The summed E-state index contributed by atoms with van der Waals surface area (Å²) in [5.74, 6) is 0. The average molecular weight is 344 g/mol. The van der Waals surface area contributed by atoms with Gasteiger partial charge in [0.1, 0.15) is 0 Å². The van der Waals surface area contributed by atoms with Crippen molar-refractivity contribution in [3.63, 3.8) is 0 Å². The Bertz CT molecular complexity index is 309. The number of hydrogen-bond acceptors (Lipinski definition) is 1. The molecular weight excluding hydrogens is 323 g/mol. The SMILES string of the molecule is C[Si](C)(C)O[Si](C)(C)CC1=[C]([Ti+2])CC=C1.[Cl-].[Cl-]. The largest absolute Gasteiger partial charge is 1.00 e. The topological polar surface area (TPSA) is 9.23 Å². The first-order valence-corrected chi connectivity index (χ1v) is 12.8. The van der Waals surface area contributed by atoms with Crippen molar-refractivity contribution in [1.82, 2.24) is 0 Å². The Morgan fingerprint density at radius 2 is 1.71 bits per heavy atom. The molecule has 1 aliphatic carbocycles. The van der Waals surface area contributed by atoms with Gasteiger partial charge in [-0.1, -0.05) is 0 Å². The van der Waals surface area contributed by atoms with Crippen LogP contribution in [0.3, 0.4) is 0 Å². The van der Waals surface area contributed by atoms with E-state index in [1.54, 1.807) is 0 Å². The summed E-state index contributed by atoms with van der Waals surface area (Å²) in [5, 5.41) is 0. The van der Waals surface area contributed by atoms with Gasteiger partial charge in [0.2, 0.25) is 0 Å². The summed E-state index contributed by atoms with van der Waals surface area (Å²) in [6.45, 7) is 11.5. The predicted molar refractivity (Wildman–Crippen MR) is 67.5 cm³/mol. The van der Waals surface area contributed by atoms with E-state index in [9.17, 15) is 0 Å². The standard InChI is InChI=1S/C11H21OSi2.2ClH.Ti/c1-13(2,3)12-14(4,5)10-11-8-6-7-9-11;;;/h6,8H,7,10H2,1-5H3;2*1H;/q;;;+2/p-2. The molecule has 0 bridgehead atoms. The quantitative estimate of drug-likeness (QED) is 0.527. The fourth-order valence-corrected chi connectivity index (χ4v) is 10.9. The van der Waals surface area contributed by atoms with Gasteiger partial charge in [-0.2, -0.15) is 0 Å². The molecule has 97 valence electrons. The van der Waals surface area contributed by atoms with Gasteiger partial charge in [0.25, 0.3) is 0 Å². The first-order chi connectivity index (χ1) is 6.70. The van der Waals surface area contributed by atoms with Crippen LogP contribution in [0.5, 0.6) is 0 Å². The molecule has 0 aromatic carbocycles. The Hall–Kier alpha value is 1.17. The minimum atomic E-state index is -1.49. The van der Waals surface area contributed by atoms with Crippen LogP contribution < -0.4 is 24.8 Å². The monoisotopic (exact) mass is 343 g/mol. The van der Waals surface area contributed by atoms with Crippen LogP contribution in [0.15, 0.2) is 21.6 Å². The zero-order chi connectivity index (χ0) is 11.7. The third-order valence-corrected chi connectivity index (χ3v) is 8.94. The summed E-state index contributed by atoms with van der Waals surface area (Å²) >= 11 is 2.24. The van der Waals surface area contributed by atoms with Crippen LogP contribution in [0.2, 0.25) is 38.8 Å². The van der Waals surface area contributed by atoms with E-state index < -0.39 is 16.6 Å². The molecule has 0 atom stereocenters. The van der Waals surface area contributed by atoms with Crippen LogP contribution in [-0.4, -0.2) is 16.6 Å². The minimum absolute atomic E-state index is 0. The van der Waals surface area contributed by atoms with Crippen LogP contribution in [0.1, 0.15) is 6.42 Å². The Morgan fingerprint density at radius 3 is 2.06 bits per heavy atom. The van der Waals surface area contributed by atoms with Gasteiger partial charge in [-0.15, -0.1) is 0 Å². The zero-order valence-electron chi connectivity index (χ0n) is 11.2. The third kappa shape index (κ3) is 8.04. The second-order valence-electron chi connectivity index (χ2n) is 5.76. The van der Waals surface area contributed by atoms with Crippen molar-refractivity contribution in [1.29, 1.82) is 0 Å². The van der Waals surface area contributed by atoms with Crippen LogP contribution in [-0.2, 0) is 24.6 Å². The second kappa shape index (κ2) is 7.68. The summed E-state index contributed by atoms with van der Waals surface area (Å²) in [6.07, 6.45) is 5.70.